The third kappa shape index (κ3) is 6.00. The van der Waals surface area contributed by atoms with Gasteiger partial charge in [0.2, 0.25) is 0 Å². The van der Waals surface area contributed by atoms with Crippen LogP contribution in [0.2, 0.25) is 5.02 Å². The molecule has 0 aliphatic heterocycles. The highest BCUT2D eigenvalue weighted by atomic mass is 35.5. The first-order chi connectivity index (χ1) is 11.0. The standard InChI is InChI=1S/C16H17ClN2O3S/c1-11-2-4-13(5-3-11)23-7-6-18-15(20)10-22-16(21)14-8-12(17)9-19-14/h2-5,8-9,19H,6-7,10H2,1H3,(H,18,20). The van der Waals surface area contributed by atoms with E-state index < -0.39 is 5.97 Å². The molecule has 0 unspecified atom stereocenters. The number of aromatic amines is 1. The first-order valence-corrected chi connectivity index (χ1v) is 8.38. The molecule has 1 amide bonds. The van der Waals surface area contributed by atoms with E-state index in [1.165, 1.54) is 17.8 Å². The molecule has 5 nitrogen and oxygen atoms in total. The number of amides is 1. The predicted molar refractivity (Wildman–Crippen MR) is 91.0 cm³/mol. The van der Waals surface area contributed by atoms with E-state index in [0.717, 1.165) is 10.6 Å². The number of nitrogens with one attached hydrogen (secondary N) is 2. The molecule has 1 aromatic carbocycles. The van der Waals surface area contributed by atoms with E-state index >= 15 is 0 Å². The molecular weight excluding hydrogens is 336 g/mol. The third-order valence-corrected chi connectivity index (χ3v) is 4.15. The van der Waals surface area contributed by atoms with Crippen LogP contribution in [0.25, 0.3) is 0 Å². The number of thioether (sulfide) groups is 1. The number of H-pyrrole nitrogens is 1. The fourth-order valence-electron chi connectivity index (χ4n) is 1.74. The summed E-state index contributed by atoms with van der Waals surface area (Å²) < 4.78 is 4.88. The Morgan fingerprint density at radius 2 is 2.04 bits per heavy atom. The van der Waals surface area contributed by atoms with Crippen molar-refractivity contribution in [3.05, 3.63) is 52.8 Å². The zero-order chi connectivity index (χ0) is 16.7. The van der Waals surface area contributed by atoms with Crippen LogP contribution >= 0.6 is 23.4 Å². The van der Waals surface area contributed by atoms with Gasteiger partial charge in [0, 0.05) is 23.4 Å². The highest BCUT2D eigenvalue weighted by Gasteiger charge is 2.11. The summed E-state index contributed by atoms with van der Waals surface area (Å²) in [6.07, 6.45) is 1.47. The van der Waals surface area contributed by atoms with Crippen LogP contribution in [0, 0.1) is 6.92 Å². The number of benzene rings is 1. The van der Waals surface area contributed by atoms with Gasteiger partial charge < -0.3 is 15.0 Å². The maximum atomic E-state index is 11.6. The Balaban J connectivity index is 1.61. The second-order valence-electron chi connectivity index (χ2n) is 4.82. The van der Waals surface area contributed by atoms with Gasteiger partial charge in [-0.1, -0.05) is 29.3 Å². The Bertz CT molecular complexity index is 670. The van der Waals surface area contributed by atoms with Gasteiger partial charge in [0.15, 0.2) is 6.61 Å². The maximum Gasteiger partial charge on any atom is 0.355 e. The molecule has 0 atom stereocenters. The number of aryl methyl sites for hydroxylation is 1. The van der Waals surface area contributed by atoms with Gasteiger partial charge in [-0.2, -0.15) is 0 Å². The average molecular weight is 353 g/mol. The summed E-state index contributed by atoms with van der Waals surface area (Å²) in [6.45, 7) is 2.23. The summed E-state index contributed by atoms with van der Waals surface area (Å²) >= 11 is 7.34. The predicted octanol–water partition coefficient (Wildman–Crippen LogP) is 3.04. The van der Waals surface area contributed by atoms with E-state index in [0.29, 0.717) is 11.6 Å². The molecule has 0 radical (unpaired) electrons. The SMILES string of the molecule is Cc1ccc(SCCNC(=O)COC(=O)c2cc(Cl)c[nH]2)cc1. The van der Waals surface area contributed by atoms with Crippen molar-refractivity contribution in [1.29, 1.82) is 0 Å². The first-order valence-electron chi connectivity index (χ1n) is 7.02. The molecule has 122 valence electrons. The lowest BCUT2D eigenvalue weighted by atomic mass is 10.2. The molecule has 2 N–H and O–H groups in total. The number of hydrogen-bond acceptors (Lipinski definition) is 4. The first kappa shape index (κ1) is 17.4. The Hall–Kier alpha value is -1.92. The Morgan fingerprint density at radius 3 is 2.70 bits per heavy atom. The lowest BCUT2D eigenvalue weighted by Crippen LogP contribution is -2.30. The van der Waals surface area contributed by atoms with Crippen LogP contribution in [-0.2, 0) is 9.53 Å². The molecule has 0 aliphatic rings. The minimum absolute atomic E-state index is 0.220. The van der Waals surface area contributed by atoms with Gasteiger partial charge in [0.1, 0.15) is 5.69 Å². The van der Waals surface area contributed by atoms with Gasteiger partial charge in [-0.25, -0.2) is 4.79 Å². The minimum atomic E-state index is -0.610. The van der Waals surface area contributed by atoms with Crippen LogP contribution < -0.4 is 5.32 Å². The number of aromatic nitrogens is 1. The van der Waals surface area contributed by atoms with Gasteiger partial charge in [0.05, 0.1) is 5.02 Å². The van der Waals surface area contributed by atoms with E-state index in [-0.39, 0.29) is 18.2 Å². The summed E-state index contributed by atoms with van der Waals surface area (Å²) in [5.74, 6) is -0.198. The maximum absolute atomic E-state index is 11.6. The molecule has 2 aromatic rings. The molecule has 1 heterocycles. The van der Waals surface area contributed by atoms with E-state index in [4.69, 9.17) is 16.3 Å². The largest absolute Gasteiger partial charge is 0.451 e. The molecule has 0 spiro atoms. The van der Waals surface area contributed by atoms with Crippen molar-refractivity contribution in [1.82, 2.24) is 10.3 Å². The fourth-order valence-corrected chi connectivity index (χ4v) is 2.67. The van der Waals surface area contributed by atoms with Gasteiger partial charge in [0.25, 0.3) is 5.91 Å². The topological polar surface area (TPSA) is 71.2 Å². The van der Waals surface area contributed by atoms with E-state index in [1.54, 1.807) is 11.8 Å². The highest BCUT2D eigenvalue weighted by Crippen LogP contribution is 2.17. The van der Waals surface area contributed by atoms with E-state index in [2.05, 4.69) is 10.3 Å². The zero-order valence-corrected chi connectivity index (χ0v) is 14.2. The number of hydrogen-bond donors (Lipinski definition) is 2. The molecule has 1 aromatic heterocycles. The molecular formula is C16H17ClN2O3S. The summed E-state index contributed by atoms with van der Waals surface area (Å²) in [4.78, 5) is 27.0. The van der Waals surface area contributed by atoms with Crippen LogP contribution in [0.15, 0.2) is 41.4 Å². The van der Waals surface area contributed by atoms with Crippen molar-refractivity contribution in [2.45, 2.75) is 11.8 Å². The van der Waals surface area contributed by atoms with Crippen LogP contribution in [0.3, 0.4) is 0 Å². The summed E-state index contributed by atoms with van der Waals surface area (Å²) in [5, 5.41) is 3.11. The second kappa shape index (κ2) is 8.64. The van der Waals surface area contributed by atoms with Crippen LogP contribution in [0.1, 0.15) is 16.1 Å². The quantitative estimate of drug-likeness (QED) is 0.456. The molecule has 0 fully saturated rings. The van der Waals surface area contributed by atoms with E-state index in [1.807, 2.05) is 31.2 Å². The number of esters is 1. The lowest BCUT2D eigenvalue weighted by molar-refractivity contribution is -0.124. The second-order valence-corrected chi connectivity index (χ2v) is 6.42. The molecule has 0 aliphatic carbocycles. The fraction of sp³-hybridized carbons (Fsp3) is 0.250. The van der Waals surface area contributed by atoms with Gasteiger partial charge in [-0.15, -0.1) is 11.8 Å². The molecule has 0 saturated carbocycles. The Labute approximate surface area is 143 Å². The number of carbonyl (C=O) groups excluding carboxylic acids is 2. The summed E-state index contributed by atoms with van der Waals surface area (Å²) in [6, 6.07) is 9.64. The monoisotopic (exact) mass is 352 g/mol. The summed E-state index contributed by atoms with van der Waals surface area (Å²) in [7, 11) is 0. The van der Waals surface area contributed by atoms with Crippen LogP contribution in [0.4, 0.5) is 0 Å². The van der Waals surface area contributed by atoms with Crippen molar-refractivity contribution in [2.24, 2.45) is 0 Å². The highest BCUT2D eigenvalue weighted by molar-refractivity contribution is 7.99. The van der Waals surface area contributed by atoms with Crippen LogP contribution in [-0.4, -0.2) is 35.8 Å². The smallest absolute Gasteiger partial charge is 0.355 e. The molecule has 0 saturated heterocycles. The van der Waals surface area contributed by atoms with Crippen molar-refractivity contribution in [3.63, 3.8) is 0 Å². The van der Waals surface area contributed by atoms with Crippen molar-refractivity contribution in [2.75, 3.05) is 18.9 Å². The molecule has 7 heteroatoms. The van der Waals surface area contributed by atoms with Crippen molar-refractivity contribution >= 4 is 35.2 Å². The zero-order valence-electron chi connectivity index (χ0n) is 12.6. The summed E-state index contributed by atoms with van der Waals surface area (Å²) in [5.41, 5.74) is 1.44. The number of carbonyl (C=O) groups is 2. The van der Waals surface area contributed by atoms with Crippen LogP contribution in [0.5, 0.6) is 0 Å². The number of ether oxygens (including phenoxy) is 1. The number of rotatable bonds is 7. The molecule has 23 heavy (non-hydrogen) atoms. The average Bonchev–Trinajstić information content (AvgIpc) is 2.97. The minimum Gasteiger partial charge on any atom is -0.451 e. The van der Waals surface area contributed by atoms with Crippen molar-refractivity contribution in [3.8, 4) is 0 Å². The number of halogens is 1. The van der Waals surface area contributed by atoms with E-state index in [9.17, 15) is 9.59 Å². The normalized spacial score (nSPS) is 10.3. The van der Waals surface area contributed by atoms with Crippen molar-refractivity contribution < 1.29 is 14.3 Å². The third-order valence-electron chi connectivity index (χ3n) is 2.92. The Morgan fingerprint density at radius 1 is 1.30 bits per heavy atom. The molecule has 0 bridgehead atoms. The molecule has 2 rings (SSSR count). The Kier molecular flexibility index (Phi) is 6.55. The van der Waals surface area contributed by atoms with Gasteiger partial charge >= 0.3 is 5.97 Å². The van der Waals surface area contributed by atoms with Gasteiger partial charge in [-0.3, -0.25) is 4.79 Å². The lowest BCUT2D eigenvalue weighted by Gasteiger charge is -2.06. The van der Waals surface area contributed by atoms with Gasteiger partial charge in [-0.05, 0) is 25.1 Å².